The van der Waals surface area contributed by atoms with Gasteiger partial charge in [0.1, 0.15) is 42.0 Å². The normalized spacial score (nSPS) is 15.6. The molecule has 62 heavy (non-hydrogen) atoms. The van der Waals surface area contributed by atoms with Crippen LogP contribution in [0.1, 0.15) is 44.2 Å². The average molecular weight is 888 g/mol. The first-order chi connectivity index (χ1) is 29.4. The van der Waals surface area contributed by atoms with Gasteiger partial charge in [0.15, 0.2) is 0 Å². The number of carboxylic acids is 1. The maximum absolute atomic E-state index is 13.9. The van der Waals surface area contributed by atoms with E-state index in [-0.39, 0.29) is 30.8 Å². The molecule has 0 aliphatic heterocycles. The number of phenols is 1. The van der Waals surface area contributed by atoms with E-state index in [0.717, 1.165) is 23.4 Å². The first-order valence-electron chi connectivity index (χ1n) is 19.8. The Morgan fingerprint density at radius 3 is 1.77 bits per heavy atom. The van der Waals surface area contributed by atoms with Gasteiger partial charge in [-0.15, -0.1) is 0 Å². The highest BCUT2D eigenvalue weighted by Crippen LogP contribution is 2.19. The number of nitrogens with one attached hydrogen (secondary N) is 7. The Hall–Kier alpha value is -5.78. The fourth-order valence-electron chi connectivity index (χ4n) is 6.24. The average Bonchev–Trinajstić information content (AvgIpc) is 3.64. The number of aromatic nitrogens is 1. The number of nitrogens with two attached hydrogens (primary N) is 2. The number of thiol groups is 1. The summed E-state index contributed by atoms with van der Waals surface area (Å²) in [5.74, 6) is -7.78. The molecular formula is C40H57N9O12S. The predicted octanol–water partition coefficient (Wildman–Crippen LogP) is -3.21. The lowest BCUT2D eigenvalue weighted by atomic mass is 10.0. The van der Waals surface area contributed by atoms with Crippen molar-refractivity contribution in [2.75, 3.05) is 18.9 Å². The molecule has 0 bridgehead atoms. The Kier molecular flexibility index (Phi) is 20.1. The number of hydrogen-bond acceptors (Lipinski definition) is 14. The summed E-state index contributed by atoms with van der Waals surface area (Å²) in [5.41, 5.74) is 14.0. The zero-order chi connectivity index (χ0) is 46.1. The van der Waals surface area contributed by atoms with Gasteiger partial charge in [-0.2, -0.15) is 12.6 Å². The number of para-hydroxylation sites is 1. The number of phenolic OH excluding ortho intramolecular Hbond substituents is 1. The van der Waals surface area contributed by atoms with Crippen LogP contribution in [-0.2, 0) is 46.4 Å². The van der Waals surface area contributed by atoms with Gasteiger partial charge in [-0.3, -0.25) is 28.8 Å². The Labute approximate surface area is 362 Å². The van der Waals surface area contributed by atoms with E-state index in [2.05, 4.69) is 49.5 Å². The summed E-state index contributed by atoms with van der Waals surface area (Å²) in [4.78, 5) is 95.3. The Bertz CT molecular complexity index is 2000. The van der Waals surface area contributed by atoms with Gasteiger partial charge in [0.25, 0.3) is 0 Å². The molecule has 9 unspecified atom stereocenters. The number of carboxylic acid groups (broad SMARTS) is 1. The number of unbranched alkanes of at least 4 members (excludes halogenated alkanes) is 1. The number of aromatic hydroxyl groups is 1. The number of amides is 6. The van der Waals surface area contributed by atoms with Crippen molar-refractivity contribution in [3.8, 4) is 5.75 Å². The van der Waals surface area contributed by atoms with Crippen LogP contribution in [0.2, 0.25) is 0 Å². The maximum Gasteiger partial charge on any atom is 0.327 e. The molecular weight excluding hydrogens is 831 g/mol. The van der Waals surface area contributed by atoms with Crippen LogP contribution in [0.4, 0.5) is 0 Å². The first kappa shape index (κ1) is 50.6. The molecule has 1 aromatic heterocycles. The van der Waals surface area contributed by atoms with Crippen molar-refractivity contribution < 1.29 is 59.1 Å². The Balaban J connectivity index is 1.81. The standard InChI is InChI=1S/C40H57N9O12S/c1-20(51)32(48-35(55)28(9-5-6-14-41)44-34(54)26(42)16-23-17-43-27-8-4-3-7-25(23)27)38(58)45-29(15-22-10-12-24(53)13-11-22)36(56)49-33(21(2)52)39(59)46-30(18-50)37(57)47-31(19-62)40(60)61/h3-4,7-8,10-13,17,20-21,26,28-33,43,50-53,62H,5-6,9,14-16,18-19,41-42H2,1-2H3,(H,44,54)(H,45,58)(H,46,59)(H,47,57)(H,48,55)(H,49,56)(H,60,61). The second-order valence-electron chi connectivity index (χ2n) is 14.7. The van der Waals surface area contributed by atoms with Crippen molar-refractivity contribution in [2.45, 2.75) is 100 Å². The largest absolute Gasteiger partial charge is 0.508 e. The molecule has 1 heterocycles. The fraction of sp³-hybridized carbons (Fsp3) is 0.475. The molecule has 16 N–H and O–H groups in total. The number of rotatable bonds is 25. The molecule has 6 amide bonds. The lowest BCUT2D eigenvalue weighted by Crippen LogP contribution is -2.63. The molecule has 0 spiro atoms. The third-order valence-electron chi connectivity index (χ3n) is 9.78. The number of fused-ring (bicyclic) bond motifs is 1. The van der Waals surface area contributed by atoms with Gasteiger partial charge in [0.05, 0.1) is 24.9 Å². The zero-order valence-corrected chi connectivity index (χ0v) is 35.1. The number of aliphatic hydroxyl groups is 3. The van der Waals surface area contributed by atoms with E-state index in [1.165, 1.54) is 31.2 Å². The third kappa shape index (κ3) is 15.0. The van der Waals surface area contributed by atoms with Crippen LogP contribution in [0.5, 0.6) is 5.75 Å². The van der Waals surface area contributed by atoms with Crippen molar-refractivity contribution in [3.05, 3.63) is 65.9 Å². The molecule has 0 fully saturated rings. The molecule has 0 radical (unpaired) electrons. The van der Waals surface area contributed by atoms with Crippen molar-refractivity contribution in [1.82, 2.24) is 36.9 Å². The van der Waals surface area contributed by atoms with E-state index in [1.807, 2.05) is 24.3 Å². The quantitative estimate of drug-likeness (QED) is 0.0294. The smallest absolute Gasteiger partial charge is 0.327 e. The number of benzene rings is 2. The summed E-state index contributed by atoms with van der Waals surface area (Å²) in [5, 5.41) is 65.1. The van der Waals surface area contributed by atoms with Gasteiger partial charge in [-0.1, -0.05) is 30.3 Å². The topological polar surface area (TPSA) is 361 Å². The second kappa shape index (κ2) is 24.6. The number of aliphatic carboxylic acids is 1. The van der Waals surface area contributed by atoms with E-state index in [4.69, 9.17) is 11.5 Å². The van der Waals surface area contributed by atoms with Gasteiger partial charge in [0, 0.05) is 29.3 Å². The molecule has 3 aromatic rings. The highest BCUT2D eigenvalue weighted by atomic mass is 32.1. The van der Waals surface area contributed by atoms with Crippen LogP contribution >= 0.6 is 12.6 Å². The number of carbonyl (C=O) groups is 7. The minimum absolute atomic E-state index is 0.0888. The number of carbonyl (C=O) groups excluding carboxylic acids is 6. The van der Waals surface area contributed by atoms with Crippen molar-refractivity contribution in [3.63, 3.8) is 0 Å². The molecule has 2 aromatic carbocycles. The Morgan fingerprint density at radius 2 is 1.23 bits per heavy atom. The zero-order valence-electron chi connectivity index (χ0n) is 34.2. The van der Waals surface area contributed by atoms with E-state index in [1.54, 1.807) is 6.20 Å². The number of hydrogen-bond donors (Lipinski definition) is 15. The van der Waals surface area contributed by atoms with Gasteiger partial charge >= 0.3 is 5.97 Å². The number of H-pyrrole nitrogens is 1. The molecule has 22 heteroatoms. The van der Waals surface area contributed by atoms with Crippen LogP contribution in [0.15, 0.2) is 54.7 Å². The van der Waals surface area contributed by atoms with Crippen LogP contribution in [0, 0.1) is 0 Å². The van der Waals surface area contributed by atoms with Crippen molar-refractivity contribution >= 4 is 64.9 Å². The number of aliphatic hydroxyl groups excluding tert-OH is 3. The lowest BCUT2D eigenvalue weighted by molar-refractivity contribution is -0.142. The van der Waals surface area contributed by atoms with E-state index < -0.39 is 103 Å². The molecule has 0 aliphatic rings. The molecule has 3 rings (SSSR count). The Morgan fingerprint density at radius 1 is 0.694 bits per heavy atom. The molecule has 9 atom stereocenters. The minimum Gasteiger partial charge on any atom is -0.508 e. The van der Waals surface area contributed by atoms with Gasteiger partial charge < -0.3 is 73.9 Å². The monoisotopic (exact) mass is 887 g/mol. The summed E-state index contributed by atoms with van der Waals surface area (Å²) >= 11 is 3.85. The maximum atomic E-state index is 13.9. The molecule has 21 nitrogen and oxygen atoms in total. The summed E-state index contributed by atoms with van der Waals surface area (Å²) in [6.07, 6.45) is -0.643. The number of aromatic amines is 1. The van der Waals surface area contributed by atoms with Crippen LogP contribution in [0.3, 0.4) is 0 Å². The summed E-state index contributed by atoms with van der Waals surface area (Å²) in [6.45, 7) is 1.63. The molecule has 340 valence electrons. The highest BCUT2D eigenvalue weighted by Gasteiger charge is 2.36. The third-order valence-corrected chi connectivity index (χ3v) is 10.1. The summed E-state index contributed by atoms with van der Waals surface area (Å²) in [7, 11) is 0. The minimum atomic E-state index is -1.81. The lowest BCUT2D eigenvalue weighted by Gasteiger charge is -2.29. The van der Waals surface area contributed by atoms with E-state index in [9.17, 15) is 59.1 Å². The van der Waals surface area contributed by atoms with Crippen molar-refractivity contribution in [1.29, 1.82) is 0 Å². The second-order valence-corrected chi connectivity index (χ2v) is 15.1. The molecule has 0 aliphatic carbocycles. The van der Waals surface area contributed by atoms with E-state index in [0.29, 0.717) is 24.9 Å². The summed E-state index contributed by atoms with van der Waals surface area (Å²) in [6, 6.07) is 2.36. The van der Waals surface area contributed by atoms with Gasteiger partial charge in [-0.05, 0) is 75.4 Å². The van der Waals surface area contributed by atoms with Gasteiger partial charge in [-0.25, -0.2) is 4.79 Å². The first-order valence-corrected chi connectivity index (χ1v) is 20.4. The highest BCUT2D eigenvalue weighted by molar-refractivity contribution is 7.80. The molecule has 0 saturated heterocycles. The SMILES string of the molecule is CC(O)C(NC(=O)C(Cc1ccc(O)cc1)NC(=O)C(NC(=O)C(CCCCN)NC(=O)C(N)Cc1c[nH]c2ccccc12)C(C)O)C(=O)NC(CO)C(=O)NC(CS)C(=O)O. The fourth-order valence-corrected chi connectivity index (χ4v) is 6.49. The van der Waals surface area contributed by atoms with Crippen LogP contribution in [-0.4, -0.2) is 145 Å². The van der Waals surface area contributed by atoms with Gasteiger partial charge in [0.2, 0.25) is 35.4 Å². The van der Waals surface area contributed by atoms with Crippen LogP contribution in [0.25, 0.3) is 10.9 Å². The van der Waals surface area contributed by atoms with Crippen LogP contribution < -0.4 is 43.4 Å². The van der Waals surface area contributed by atoms with E-state index >= 15 is 0 Å². The predicted molar refractivity (Wildman–Crippen MR) is 228 cm³/mol. The van der Waals surface area contributed by atoms with Crippen molar-refractivity contribution in [2.24, 2.45) is 11.5 Å². The summed E-state index contributed by atoms with van der Waals surface area (Å²) < 4.78 is 0. The molecule has 0 saturated carbocycles.